The van der Waals surface area contributed by atoms with Gasteiger partial charge in [0.2, 0.25) is 0 Å². The molecule has 0 radical (unpaired) electrons. The first-order valence-electron chi connectivity index (χ1n) is 10.4. The van der Waals surface area contributed by atoms with Gasteiger partial charge in [-0.25, -0.2) is 0 Å². The van der Waals surface area contributed by atoms with Crippen molar-refractivity contribution in [3.05, 3.63) is 102 Å². The van der Waals surface area contributed by atoms with E-state index in [-0.39, 0.29) is 31.5 Å². The van der Waals surface area contributed by atoms with Gasteiger partial charge < -0.3 is 0 Å². The van der Waals surface area contributed by atoms with E-state index in [1.807, 2.05) is 60.7 Å². The molecule has 3 aromatic rings. The van der Waals surface area contributed by atoms with Crippen LogP contribution in [0.4, 0.5) is 0 Å². The van der Waals surface area contributed by atoms with Crippen molar-refractivity contribution in [2.45, 2.75) is 36.5 Å². The molecular formula is C26H26O3SeSi. The Morgan fingerprint density at radius 2 is 1.26 bits per heavy atom. The van der Waals surface area contributed by atoms with Gasteiger partial charge in [0, 0.05) is 0 Å². The third-order valence-electron chi connectivity index (χ3n) is 5.43. The number of carbonyl (C=O) groups is 2. The SMILES string of the molecule is C[Si](C)(C)OC(CC1(c2ccccc2)C(=O)c2ccccc2C1=O)[Se]c1ccccc1. The first kappa shape index (κ1) is 21.9. The van der Waals surface area contributed by atoms with Gasteiger partial charge in [-0.15, -0.1) is 0 Å². The summed E-state index contributed by atoms with van der Waals surface area (Å²) in [7, 11) is -1.91. The van der Waals surface area contributed by atoms with Crippen LogP contribution in [-0.4, -0.2) is 39.8 Å². The van der Waals surface area contributed by atoms with Crippen LogP contribution in [0.5, 0.6) is 0 Å². The molecule has 1 atom stereocenters. The normalized spacial score (nSPS) is 16.2. The van der Waals surface area contributed by atoms with E-state index < -0.39 is 13.7 Å². The Labute approximate surface area is 191 Å². The van der Waals surface area contributed by atoms with Crippen LogP contribution in [0.3, 0.4) is 0 Å². The molecular weight excluding hydrogens is 467 g/mol. The van der Waals surface area contributed by atoms with Gasteiger partial charge in [-0.1, -0.05) is 0 Å². The van der Waals surface area contributed by atoms with Crippen LogP contribution in [0.25, 0.3) is 0 Å². The molecule has 31 heavy (non-hydrogen) atoms. The molecule has 0 aromatic heterocycles. The molecule has 0 fully saturated rings. The number of benzene rings is 3. The van der Waals surface area contributed by atoms with Crippen molar-refractivity contribution in [1.29, 1.82) is 0 Å². The molecule has 0 N–H and O–H groups in total. The third kappa shape index (κ3) is 4.37. The Kier molecular flexibility index (Phi) is 6.13. The molecule has 5 heteroatoms. The summed E-state index contributed by atoms with van der Waals surface area (Å²) in [5.74, 6) is -0.209. The van der Waals surface area contributed by atoms with Crippen LogP contribution >= 0.6 is 0 Å². The monoisotopic (exact) mass is 494 g/mol. The molecule has 1 aliphatic rings. The standard InChI is InChI=1S/C26H26O3SeSi/c1-31(2,3)29-23(30-20-14-8-5-9-15-20)18-26(19-12-6-4-7-13-19)24(27)21-16-10-11-17-22(21)25(26)28/h4-17,23H,18H2,1-3H3. The average molecular weight is 494 g/mol. The van der Waals surface area contributed by atoms with Crippen LogP contribution in [0, 0.1) is 0 Å². The van der Waals surface area contributed by atoms with Gasteiger partial charge in [0.05, 0.1) is 0 Å². The Hall–Kier alpha value is -2.30. The number of fused-ring (bicyclic) bond motifs is 1. The van der Waals surface area contributed by atoms with Gasteiger partial charge in [-0.05, 0) is 0 Å². The molecule has 158 valence electrons. The molecule has 0 heterocycles. The molecule has 1 aliphatic carbocycles. The van der Waals surface area contributed by atoms with Crippen molar-refractivity contribution in [3.63, 3.8) is 0 Å². The molecule has 0 saturated carbocycles. The van der Waals surface area contributed by atoms with Crippen molar-refractivity contribution < 1.29 is 14.0 Å². The second-order valence-electron chi connectivity index (χ2n) is 8.77. The van der Waals surface area contributed by atoms with E-state index in [9.17, 15) is 9.59 Å². The van der Waals surface area contributed by atoms with Crippen LogP contribution in [0.1, 0.15) is 32.7 Å². The van der Waals surface area contributed by atoms with Crippen molar-refractivity contribution in [1.82, 2.24) is 0 Å². The number of hydrogen-bond acceptors (Lipinski definition) is 3. The topological polar surface area (TPSA) is 43.4 Å². The van der Waals surface area contributed by atoms with E-state index in [1.165, 1.54) is 4.46 Å². The summed E-state index contributed by atoms with van der Waals surface area (Å²) in [6.07, 6.45) is 0.364. The van der Waals surface area contributed by atoms with E-state index in [0.29, 0.717) is 17.5 Å². The van der Waals surface area contributed by atoms with E-state index in [2.05, 4.69) is 31.8 Å². The maximum atomic E-state index is 13.8. The fourth-order valence-corrected chi connectivity index (χ4v) is 9.17. The summed E-state index contributed by atoms with van der Waals surface area (Å²) < 4.78 is 7.81. The number of ketones is 2. The van der Waals surface area contributed by atoms with Crippen molar-refractivity contribution in [2.24, 2.45) is 0 Å². The Morgan fingerprint density at radius 3 is 1.77 bits per heavy atom. The zero-order chi connectivity index (χ0) is 22.1. The molecule has 0 bridgehead atoms. The second-order valence-corrected chi connectivity index (χ2v) is 15.8. The molecule has 0 aliphatic heterocycles. The summed E-state index contributed by atoms with van der Waals surface area (Å²) in [6.45, 7) is 6.47. The zero-order valence-corrected chi connectivity index (χ0v) is 20.7. The van der Waals surface area contributed by atoms with Crippen LogP contribution in [0.2, 0.25) is 19.6 Å². The van der Waals surface area contributed by atoms with Crippen molar-refractivity contribution in [3.8, 4) is 0 Å². The van der Waals surface area contributed by atoms with Crippen molar-refractivity contribution >= 4 is 39.3 Å². The Morgan fingerprint density at radius 1 is 0.774 bits per heavy atom. The first-order chi connectivity index (χ1) is 14.8. The van der Waals surface area contributed by atoms with E-state index in [4.69, 9.17) is 4.43 Å². The molecule has 3 nitrogen and oxygen atoms in total. The van der Waals surface area contributed by atoms with Crippen molar-refractivity contribution in [2.75, 3.05) is 0 Å². The fraction of sp³-hybridized carbons (Fsp3) is 0.231. The molecule has 4 rings (SSSR count). The third-order valence-corrected chi connectivity index (χ3v) is 9.05. The molecule has 1 unspecified atom stereocenters. The number of carbonyl (C=O) groups excluding carboxylic acids is 2. The Bertz CT molecular complexity index is 1060. The van der Waals surface area contributed by atoms with E-state index in [0.717, 1.165) is 5.56 Å². The van der Waals surface area contributed by atoms with Gasteiger partial charge in [0.15, 0.2) is 0 Å². The number of hydrogen-bond donors (Lipinski definition) is 0. The molecule has 0 saturated heterocycles. The Balaban J connectivity index is 1.80. The molecule has 0 spiro atoms. The summed E-state index contributed by atoms with van der Waals surface area (Å²) in [6, 6.07) is 27.0. The number of Topliss-reactive ketones (excluding diaryl/α,β-unsaturated/α-hetero) is 2. The minimum absolute atomic E-state index is 0.0291. The first-order valence-corrected chi connectivity index (χ1v) is 15.7. The maximum absolute atomic E-state index is 13.8. The van der Waals surface area contributed by atoms with Crippen LogP contribution < -0.4 is 4.46 Å². The van der Waals surface area contributed by atoms with Gasteiger partial charge >= 0.3 is 191 Å². The summed E-state index contributed by atoms with van der Waals surface area (Å²) >= 11 is -0.0291. The molecule has 3 aromatic carbocycles. The van der Waals surface area contributed by atoms with Gasteiger partial charge in [0.1, 0.15) is 0 Å². The van der Waals surface area contributed by atoms with E-state index in [1.54, 1.807) is 12.1 Å². The molecule has 0 amide bonds. The minimum atomic E-state index is -1.91. The van der Waals surface area contributed by atoms with Gasteiger partial charge in [-0.3, -0.25) is 0 Å². The van der Waals surface area contributed by atoms with Crippen LogP contribution in [0.15, 0.2) is 84.9 Å². The summed E-state index contributed by atoms with van der Waals surface area (Å²) in [5.41, 5.74) is 0.575. The average Bonchev–Trinajstić information content (AvgIpc) is 2.97. The number of rotatable bonds is 7. The predicted molar refractivity (Wildman–Crippen MR) is 128 cm³/mol. The zero-order valence-electron chi connectivity index (χ0n) is 18.0. The second kappa shape index (κ2) is 8.68. The fourth-order valence-electron chi connectivity index (χ4n) is 4.13. The summed E-state index contributed by atoms with van der Waals surface area (Å²) in [4.78, 5) is 27.6. The van der Waals surface area contributed by atoms with Crippen LogP contribution in [-0.2, 0) is 9.84 Å². The summed E-state index contributed by atoms with van der Waals surface area (Å²) in [5, 5.41) is -0.177. The van der Waals surface area contributed by atoms with Gasteiger partial charge in [-0.2, -0.15) is 0 Å². The quantitative estimate of drug-likeness (QED) is 0.357. The van der Waals surface area contributed by atoms with E-state index >= 15 is 0 Å². The predicted octanol–water partition coefficient (Wildman–Crippen LogP) is 4.60. The van der Waals surface area contributed by atoms with Gasteiger partial charge in [0.25, 0.3) is 0 Å².